The van der Waals surface area contributed by atoms with Gasteiger partial charge in [0, 0.05) is 20.6 Å². The number of carboxylic acid groups (broad SMARTS) is 1. The Balaban J connectivity index is 1.83. The lowest BCUT2D eigenvalue weighted by Crippen LogP contribution is -2.18. The molecular weight excluding hydrogens is 452 g/mol. The number of halogens is 1. The normalized spacial score (nSPS) is 26.0. The van der Waals surface area contributed by atoms with Crippen molar-refractivity contribution in [1.29, 1.82) is 0 Å². The van der Waals surface area contributed by atoms with Crippen molar-refractivity contribution in [3.8, 4) is 0 Å². The summed E-state index contributed by atoms with van der Waals surface area (Å²) in [6.45, 7) is 4.25. The fourth-order valence-corrected chi connectivity index (χ4v) is 5.68. The van der Waals surface area contributed by atoms with Crippen LogP contribution in [0.1, 0.15) is 55.2 Å². The standard InChI is InChI=1S/C23H33BrO4S/c1-15-13-22(26)20(7-5-3-4-6-8-23(27)28)19(15)12-10-17(25)9-11-18-14-21(24)16(2)29-18/h3,5,10,12,14-15,17,19-20,22,25-26H,4,6-9,11,13H2,1-2H3,(H,27,28)/b5-3+,12-10+. The summed E-state index contributed by atoms with van der Waals surface area (Å²) in [6, 6.07) is 2.13. The Morgan fingerprint density at radius 2 is 2.17 bits per heavy atom. The first-order valence-electron chi connectivity index (χ1n) is 10.4. The number of hydrogen-bond donors (Lipinski definition) is 3. The second-order valence-corrected chi connectivity index (χ2v) is 10.3. The number of unbranched alkanes of at least 4 members (excludes halogenated alkanes) is 1. The van der Waals surface area contributed by atoms with E-state index in [2.05, 4.69) is 48.0 Å². The zero-order valence-electron chi connectivity index (χ0n) is 17.3. The average Bonchev–Trinajstić information content (AvgIpc) is 3.11. The highest BCUT2D eigenvalue weighted by atomic mass is 79.9. The number of rotatable bonds is 11. The Bertz CT molecular complexity index is 692. The molecule has 5 unspecified atom stereocenters. The van der Waals surface area contributed by atoms with E-state index >= 15 is 0 Å². The van der Waals surface area contributed by atoms with Gasteiger partial charge in [0.1, 0.15) is 0 Å². The Morgan fingerprint density at radius 1 is 1.41 bits per heavy atom. The van der Waals surface area contributed by atoms with Gasteiger partial charge in [0.15, 0.2) is 0 Å². The first kappa shape index (κ1) is 24.3. The third-order valence-electron chi connectivity index (χ3n) is 5.75. The zero-order valence-corrected chi connectivity index (χ0v) is 19.7. The van der Waals surface area contributed by atoms with Crippen molar-refractivity contribution in [2.45, 2.75) is 71.0 Å². The minimum atomic E-state index is -0.760. The van der Waals surface area contributed by atoms with Crippen LogP contribution in [-0.2, 0) is 11.2 Å². The van der Waals surface area contributed by atoms with Gasteiger partial charge >= 0.3 is 5.97 Å². The van der Waals surface area contributed by atoms with Gasteiger partial charge in [-0.1, -0.05) is 31.2 Å². The fourth-order valence-electron chi connectivity index (χ4n) is 4.06. The van der Waals surface area contributed by atoms with Crippen LogP contribution in [0.25, 0.3) is 0 Å². The smallest absolute Gasteiger partial charge is 0.303 e. The molecule has 1 heterocycles. The predicted octanol–water partition coefficient (Wildman–Crippen LogP) is 5.50. The molecule has 29 heavy (non-hydrogen) atoms. The van der Waals surface area contributed by atoms with Gasteiger partial charge in [0.05, 0.1) is 12.2 Å². The van der Waals surface area contributed by atoms with Crippen molar-refractivity contribution in [1.82, 2.24) is 0 Å². The number of allylic oxidation sites excluding steroid dienone is 3. The van der Waals surface area contributed by atoms with Crippen molar-refractivity contribution in [3.63, 3.8) is 0 Å². The monoisotopic (exact) mass is 484 g/mol. The van der Waals surface area contributed by atoms with Gasteiger partial charge in [-0.3, -0.25) is 4.79 Å². The molecule has 0 spiro atoms. The molecule has 6 heteroatoms. The molecule has 1 fully saturated rings. The van der Waals surface area contributed by atoms with Gasteiger partial charge in [-0.2, -0.15) is 0 Å². The van der Waals surface area contributed by atoms with Crippen LogP contribution >= 0.6 is 27.3 Å². The summed E-state index contributed by atoms with van der Waals surface area (Å²) in [7, 11) is 0. The highest BCUT2D eigenvalue weighted by Crippen LogP contribution is 2.40. The molecule has 162 valence electrons. The first-order valence-corrected chi connectivity index (χ1v) is 12.0. The Kier molecular flexibility index (Phi) is 10.1. The Hall–Kier alpha value is -0.950. The molecule has 1 aromatic heterocycles. The van der Waals surface area contributed by atoms with E-state index < -0.39 is 12.1 Å². The number of carbonyl (C=O) groups is 1. The van der Waals surface area contributed by atoms with Gasteiger partial charge in [0.25, 0.3) is 0 Å². The number of aliphatic hydroxyl groups is 2. The summed E-state index contributed by atoms with van der Waals surface area (Å²) in [4.78, 5) is 13.1. The summed E-state index contributed by atoms with van der Waals surface area (Å²) in [5.74, 6) is 0.0281. The lowest BCUT2D eigenvalue weighted by Gasteiger charge is -2.20. The van der Waals surface area contributed by atoms with Crippen molar-refractivity contribution in [2.75, 3.05) is 0 Å². The van der Waals surface area contributed by atoms with Gasteiger partial charge in [-0.25, -0.2) is 0 Å². The van der Waals surface area contributed by atoms with Crippen molar-refractivity contribution in [3.05, 3.63) is 44.6 Å². The maximum absolute atomic E-state index is 10.5. The van der Waals surface area contributed by atoms with Crippen LogP contribution in [0.15, 0.2) is 34.8 Å². The molecule has 0 aliphatic heterocycles. The van der Waals surface area contributed by atoms with E-state index in [1.807, 2.05) is 12.2 Å². The number of aryl methyl sites for hydroxylation is 2. The van der Waals surface area contributed by atoms with E-state index in [1.54, 1.807) is 11.3 Å². The topological polar surface area (TPSA) is 77.8 Å². The van der Waals surface area contributed by atoms with Gasteiger partial charge in [-0.15, -0.1) is 11.3 Å². The van der Waals surface area contributed by atoms with E-state index in [1.165, 1.54) is 9.75 Å². The highest BCUT2D eigenvalue weighted by molar-refractivity contribution is 9.10. The van der Waals surface area contributed by atoms with Crippen LogP contribution in [0.2, 0.25) is 0 Å². The number of carboxylic acids is 1. The molecule has 1 aromatic rings. The minimum Gasteiger partial charge on any atom is -0.481 e. The molecule has 0 aromatic carbocycles. The molecule has 1 saturated carbocycles. The molecule has 0 amide bonds. The average molecular weight is 485 g/mol. The lowest BCUT2D eigenvalue weighted by atomic mass is 9.86. The van der Waals surface area contributed by atoms with Crippen molar-refractivity contribution in [2.24, 2.45) is 17.8 Å². The molecule has 2 rings (SSSR count). The van der Waals surface area contributed by atoms with E-state index in [9.17, 15) is 15.0 Å². The number of aliphatic carboxylic acids is 1. The quantitative estimate of drug-likeness (QED) is 0.286. The fraction of sp³-hybridized carbons (Fsp3) is 0.609. The minimum absolute atomic E-state index is 0.153. The van der Waals surface area contributed by atoms with E-state index in [0.29, 0.717) is 18.8 Å². The summed E-state index contributed by atoms with van der Waals surface area (Å²) in [6.07, 6.45) is 12.0. The highest BCUT2D eigenvalue weighted by Gasteiger charge is 2.37. The van der Waals surface area contributed by atoms with Crippen LogP contribution in [0.4, 0.5) is 0 Å². The second-order valence-electron chi connectivity index (χ2n) is 8.12. The van der Waals surface area contributed by atoms with Crippen LogP contribution in [-0.4, -0.2) is 33.5 Å². The van der Waals surface area contributed by atoms with Gasteiger partial charge < -0.3 is 15.3 Å². The Morgan fingerprint density at radius 3 is 2.83 bits per heavy atom. The van der Waals surface area contributed by atoms with Crippen LogP contribution < -0.4 is 0 Å². The van der Waals surface area contributed by atoms with Gasteiger partial charge in [0.2, 0.25) is 0 Å². The molecule has 3 N–H and O–H groups in total. The van der Waals surface area contributed by atoms with E-state index in [-0.39, 0.29) is 24.4 Å². The third-order valence-corrected chi connectivity index (χ3v) is 7.94. The maximum Gasteiger partial charge on any atom is 0.303 e. The third kappa shape index (κ3) is 8.00. The number of thiophene rings is 1. The molecule has 1 aliphatic rings. The SMILES string of the molecule is Cc1sc(CCC(O)/C=C/C2C(C)CC(O)C2C/C=C/CCCC(=O)O)cc1Br. The summed E-state index contributed by atoms with van der Waals surface area (Å²) in [5.41, 5.74) is 0. The zero-order chi connectivity index (χ0) is 21.4. The van der Waals surface area contributed by atoms with Crippen molar-refractivity contribution >= 4 is 33.2 Å². The molecular formula is C23H33BrO4S. The second kappa shape index (κ2) is 12.0. The van der Waals surface area contributed by atoms with E-state index in [4.69, 9.17) is 5.11 Å². The number of hydrogen-bond acceptors (Lipinski definition) is 4. The van der Waals surface area contributed by atoms with Crippen LogP contribution in [0, 0.1) is 24.7 Å². The first-order chi connectivity index (χ1) is 13.8. The summed E-state index contributed by atoms with van der Waals surface area (Å²) >= 11 is 5.30. The summed E-state index contributed by atoms with van der Waals surface area (Å²) in [5, 5.41) is 29.5. The molecule has 5 atom stereocenters. The molecule has 4 nitrogen and oxygen atoms in total. The van der Waals surface area contributed by atoms with Crippen molar-refractivity contribution < 1.29 is 20.1 Å². The molecule has 1 aliphatic carbocycles. The largest absolute Gasteiger partial charge is 0.481 e. The number of aliphatic hydroxyl groups excluding tert-OH is 2. The van der Waals surface area contributed by atoms with Gasteiger partial charge in [-0.05, 0) is 85.2 Å². The molecule has 0 bridgehead atoms. The van der Waals surface area contributed by atoms with Crippen LogP contribution in [0.3, 0.4) is 0 Å². The lowest BCUT2D eigenvalue weighted by molar-refractivity contribution is -0.137. The van der Waals surface area contributed by atoms with Crippen LogP contribution in [0.5, 0.6) is 0 Å². The van der Waals surface area contributed by atoms with E-state index in [0.717, 1.165) is 30.2 Å². The Labute approximate surface area is 186 Å². The molecule has 0 radical (unpaired) electrons. The molecule has 0 saturated heterocycles. The summed E-state index contributed by atoms with van der Waals surface area (Å²) < 4.78 is 1.13. The predicted molar refractivity (Wildman–Crippen MR) is 122 cm³/mol. The maximum atomic E-state index is 10.5.